The maximum atomic E-state index is 10.7. The van der Waals surface area contributed by atoms with Crippen molar-refractivity contribution in [3.8, 4) is 0 Å². The molecule has 3 heteroatoms. The minimum atomic E-state index is -0.641. The zero-order chi connectivity index (χ0) is 7.72. The summed E-state index contributed by atoms with van der Waals surface area (Å²) in [6, 6.07) is 0. The van der Waals surface area contributed by atoms with Gasteiger partial charge in [-0.05, 0) is 6.92 Å². The lowest BCUT2D eigenvalue weighted by atomic mass is 10.1. The maximum absolute atomic E-state index is 10.7. The Bertz CT molecular complexity index is 248. The summed E-state index contributed by atoms with van der Waals surface area (Å²) in [6.45, 7) is 5.03. The first kappa shape index (κ1) is 6.74. The van der Waals surface area contributed by atoms with Crippen LogP contribution in [-0.2, 0) is 14.3 Å². The summed E-state index contributed by atoms with van der Waals surface area (Å²) in [6.07, 6.45) is 1.51. The summed E-state index contributed by atoms with van der Waals surface area (Å²) in [5.74, 6) is -1.24. The second-order valence-corrected chi connectivity index (χ2v) is 1.86. The third-order valence-corrected chi connectivity index (χ3v) is 1.27. The second kappa shape index (κ2) is 2.10. The fourth-order valence-corrected chi connectivity index (χ4v) is 0.726. The summed E-state index contributed by atoms with van der Waals surface area (Å²) in [5, 5.41) is 0. The topological polar surface area (TPSA) is 43.4 Å². The van der Waals surface area contributed by atoms with Crippen molar-refractivity contribution in [3.05, 3.63) is 23.8 Å². The Labute approximate surface area is 58.0 Å². The number of rotatable bonds is 0. The van der Waals surface area contributed by atoms with Crippen LogP contribution in [0, 0.1) is 0 Å². The minimum Gasteiger partial charge on any atom is -0.386 e. The Morgan fingerprint density at radius 2 is 2.00 bits per heavy atom. The molecular weight excluding hydrogens is 132 g/mol. The molecule has 1 rings (SSSR count). The van der Waals surface area contributed by atoms with Crippen LogP contribution in [-0.4, -0.2) is 11.9 Å². The molecule has 0 saturated carbocycles. The molecule has 0 unspecified atom stereocenters. The van der Waals surface area contributed by atoms with E-state index in [4.69, 9.17) is 0 Å². The van der Waals surface area contributed by atoms with Gasteiger partial charge < -0.3 is 4.74 Å². The molecule has 52 valence electrons. The van der Waals surface area contributed by atoms with Gasteiger partial charge in [-0.15, -0.1) is 0 Å². The van der Waals surface area contributed by atoms with Crippen LogP contribution < -0.4 is 0 Å². The van der Waals surface area contributed by atoms with Crippen LogP contribution in [0.4, 0.5) is 0 Å². The van der Waals surface area contributed by atoms with Crippen molar-refractivity contribution in [2.24, 2.45) is 0 Å². The highest BCUT2D eigenvalue weighted by atomic mass is 16.6. The molecule has 10 heavy (non-hydrogen) atoms. The smallest absolute Gasteiger partial charge is 0.346 e. The van der Waals surface area contributed by atoms with Gasteiger partial charge >= 0.3 is 11.9 Å². The zero-order valence-electron chi connectivity index (χ0n) is 5.51. The van der Waals surface area contributed by atoms with E-state index >= 15 is 0 Å². The van der Waals surface area contributed by atoms with E-state index in [-0.39, 0.29) is 11.1 Å². The molecule has 0 amide bonds. The van der Waals surface area contributed by atoms with Crippen LogP contribution in [0.15, 0.2) is 23.8 Å². The highest BCUT2D eigenvalue weighted by molar-refractivity contribution is 6.17. The molecule has 1 heterocycles. The first-order valence-corrected chi connectivity index (χ1v) is 2.79. The van der Waals surface area contributed by atoms with Gasteiger partial charge in [0.25, 0.3) is 0 Å². The van der Waals surface area contributed by atoms with Gasteiger partial charge in [-0.1, -0.05) is 12.7 Å². The number of esters is 2. The van der Waals surface area contributed by atoms with Gasteiger partial charge in [0.1, 0.15) is 0 Å². The molecule has 0 aliphatic carbocycles. The predicted molar refractivity (Wildman–Crippen MR) is 34.0 cm³/mol. The fourth-order valence-electron chi connectivity index (χ4n) is 0.726. The highest BCUT2D eigenvalue weighted by Crippen LogP contribution is 2.18. The molecule has 1 fully saturated rings. The lowest BCUT2D eigenvalue weighted by Crippen LogP contribution is -1.96. The minimum absolute atomic E-state index is 0.146. The summed E-state index contributed by atoms with van der Waals surface area (Å²) >= 11 is 0. The van der Waals surface area contributed by atoms with Crippen molar-refractivity contribution in [2.75, 3.05) is 0 Å². The van der Waals surface area contributed by atoms with E-state index in [0.29, 0.717) is 0 Å². The SMILES string of the molecule is C=C1C(=O)OC(=O)/C1=C/C. The van der Waals surface area contributed by atoms with Crippen molar-refractivity contribution in [1.29, 1.82) is 0 Å². The Morgan fingerprint density at radius 1 is 1.40 bits per heavy atom. The Hall–Kier alpha value is -1.38. The molecule has 0 aromatic carbocycles. The van der Waals surface area contributed by atoms with Crippen molar-refractivity contribution in [2.45, 2.75) is 6.92 Å². The molecule has 0 aromatic rings. The number of hydrogen-bond acceptors (Lipinski definition) is 3. The predicted octanol–water partition coefficient (Wildman–Crippen LogP) is 0.572. The lowest BCUT2D eigenvalue weighted by molar-refractivity contribution is -0.149. The van der Waals surface area contributed by atoms with E-state index in [1.54, 1.807) is 6.92 Å². The van der Waals surface area contributed by atoms with Gasteiger partial charge in [-0.2, -0.15) is 0 Å². The molecule has 1 aliphatic heterocycles. The van der Waals surface area contributed by atoms with Crippen LogP contribution in [0.1, 0.15) is 6.92 Å². The molecule has 0 bridgehead atoms. The van der Waals surface area contributed by atoms with Gasteiger partial charge in [0.15, 0.2) is 0 Å². The molecule has 0 radical (unpaired) electrons. The van der Waals surface area contributed by atoms with Crippen LogP contribution in [0.3, 0.4) is 0 Å². The normalized spacial score (nSPS) is 22.1. The first-order chi connectivity index (χ1) is 4.66. The van der Waals surface area contributed by atoms with Crippen LogP contribution in [0.25, 0.3) is 0 Å². The monoisotopic (exact) mass is 138 g/mol. The highest BCUT2D eigenvalue weighted by Gasteiger charge is 2.30. The van der Waals surface area contributed by atoms with E-state index in [0.717, 1.165) is 0 Å². The third kappa shape index (κ3) is 0.757. The van der Waals surface area contributed by atoms with Crippen LogP contribution in [0.5, 0.6) is 0 Å². The molecule has 1 saturated heterocycles. The van der Waals surface area contributed by atoms with E-state index in [9.17, 15) is 9.59 Å². The lowest BCUT2D eigenvalue weighted by Gasteiger charge is -1.83. The molecule has 0 spiro atoms. The summed E-state index contributed by atoms with van der Waals surface area (Å²) in [4.78, 5) is 21.2. The molecule has 0 N–H and O–H groups in total. The summed E-state index contributed by atoms with van der Waals surface area (Å²) in [7, 11) is 0. The number of allylic oxidation sites excluding steroid dienone is 1. The van der Waals surface area contributed by atoms with E-state index in [2.05, 4.69) is 11.3 Å². The molecule has 0 aromatic heterocycles. The number of carbonyl (C=O) groups is 2. The van der Waals surface area contributed by atoms with Crippen molar-refractivity contribution in [1.82, 2.24) is 0 Å². The largest absolute Gasteiger partial charge is 0.386 e. The van der Waals surface area contributed by atoms with E-state index < -0.39 is 11.9 Å². The molecular formula is C7H6O3. The average molecular weight is 138 g/mol. The van der Waals surface area contributed by atoms with E-state index in [1.165, 1.54) is 6.08 Å². The first-order valence-electron chi connectivity index (χ1n) is 2.79. The molecule has 1 aliphatic rings. The van der Waals surface area contributed by atoms with Gasteiger partial charge in [0, 0.05) is 0 Å². The van der Waals surface area contributed by atoms with Crippen LogP contribution >= 0.6 is 0 Å². The summed E-state index contributed by atoms with van der Waals surface area (Å²) < 4.78 is 4.23. The quantitative estimate of drug-likeness (QED) is 0.279. The van der Waals surface area contributed by atoms with Gasteiger partial charge in [-0.3, -0.25) is 0 Å². The zero-order valence-corrected chi connectivity index (χ0v) is 5.51. The number of hydrogen-bond donors (Lipinski definition) is 0. The van der Waals surface area contributed by atoms with Crippen molar-refractivity contribution in [3.63, 3.8) is 0 Å². The maximum Gasteiger partial charge on any atom is 0.346 e. The van der Waals surface area contributed by atoms with Gasteiger partial charge in [0.05, 0.1) is 11.1 Å². The average Bonchev–Trinajstić information content (AvgIpc) is 2.09. The van der Waals surface area contributed by atoms with E-state index in [1.807, 2.05) is 0 Å². The standard InChI is InChI=1S/C7H6O3/c1-3-5-4(2)6(8)10-7(5)9/h3H,2H2,1H3/b5-3+. The Balaban J connectivity index is 3.07. The van der Waals surface area contributed by atoms with Crippen molar-refractivity contribution >= 4 is 11.9 Å². The third-order valence-electron chi connectivity index (χ3n) is 1.27. The second-order valence-electron chi connectivity index (χ2n) is 1.86. The number of carbonyl (C=O) groups excluding carboxylic acids is 2. The molecule has 3 nitrogen and oxygen atoms in total. The molecule has 0 atom stereocenters. The summed E-state index contributed by atoms with van der Waals surface area (Å²) in [5.41, 5.74) is 0.414. The van der Waals surface area contributed by atoms with Gasteiger partial charge in [0.2, 0.25) is 0 Å². The van der Waals surface area contributed by atoms with Gasteiger partial charge in [-0.25, -0.2) is 9.59 Å². The Kier molecular flexibility index (Phi) is 1.41. The van der Waals surface area contributed by atoms with Crippen molar-refractivity contribution < 1.29 is 14.3 Å². The number of ether oxygens (including phenoxy) is 1. The Morgan fingerprint density at radius 3 is 2.20 bits per heavy atom. The number of cyclic esters (lactones) is 2. The van der Waals surface area contributed by atoms with Crippen LogP contribution in [0.2, 0.25) is 0 Å². The fraction of sp³-hybridized carbons (Fsp3) is 0.143.